The van der Waals surface area contributed by atoms with Crippen molar-refractivity contribution in [1.29, 1.82) is 0 Å². The number of benzene rings is 5. The minimum Gasteiger partial charge on any atom is -0.457 e. The molecule has 0 radical (unpaired) electrons. The van der Waals surface area contributed by atoms with Gasteiger partial charge in [-0.1, -0.05) is 82.3 Å². The number of fused-ring (bicyclic) bond motifs is 2. The number of para-hydroxylation sites is 2. The van der Waals surface area contributed by atoms with Gasteiger partial charge < -0.3 is 34.6 Å². The van der Waals surface area contributed by atoms with E-state index in [4.69, 9.17) is 14.2 Å². The number of amides is 2. The fourth-order valence-electron chi connectivity index (χ4n) is 10.6. The van der Waals surface area contributed by atoms with E-state index in [0.717, 1.165) is 73.6 Å². The summed E-state index contributed by atoms with van der Waals surface area (Å²) in [5, 5.41) is 14.4. The van der Waals surface area contributed by atoms with Crippen LogP contribution in [0.3, 0.4) is 0 Å². The summed E-state index contributed by atoms with van der Waals surface area (Å²) < 4.78 is 20.8. The highest BCUT2D eigenvalue weighted by atomic mass is 16.5. The maximum Gasteiger partial charge on any atom is 0.251 e. The second-order valence-corrected chi connectivity index (χ2v) is 21.5. The number of azo groups is 1. The largest absolute Gasteiger partial charge is 0.457 e. The van der Waals surface area contributed by atoms with Crippen LogP contribution in [0, 0.1) is 0 Å². The molecule has 2 heterocycles. The lowest BCUT2D eigenvalue weighted by Gasteiger charge is -2.27. The van der Waals surface area contributed by atoms with Gasteiger partial charge >= 0.3 is 0 Å². The maximum atomic E-state index is 12.9. The molecule has 0 spiro atoms. The van der Waals surface area contributed by atoms with Crippen molar-refractivity contribution in [2.24, 2.45) is 10.2 Å². The predicted molar refractivity (Wildman–Crippen MR) is 317 cm³/mol. The maximum absolute atomic E-state index is 12.9. The molecule has 5 aromatic rings. The van der Waals surface area contributed by atoms with E-state index in [1.165, 1.54) is 45.1 Å². The number of carbonyl (C=O) groups excluding carboxylic acids is 2. The van der Waals surface area contributed by atoms with Crippen LogP contribution in [0.5, 0.6) is 5.75 Å². The molecular weight excluding hydrogens is 971 g/mol. The van der Waals surface area contributed by atoms with Gasteiger partial charge in [-0.3, -0.25) is 9.59 Å². The van der Waals surface area contributed by atoms with Crippen molar-refractivity contribution in [1.82, 2.24) is 10.6 Å². The van der Waals surface area contributed by atoms with Crippen LogP contribution in [0.15, 0.2) is 178 Å². The predicted octanol–water partition coefficient (Wildman–Crippen LogP) is 13.6. The number of nitrogens with zero attached hydrogens (tertiary/aromatic N) is 5. The van der Waals surface area contributed by atoms with Gasteiger partial charge in [0.2, 0.25) is 11.6 Å². The third-order valence-electron chi connectivity index (χ3n) is 14.9. The third kappa shape index (κ3) is 14.0. The van der Waals surface area contributed by atoms with Gasteiger partial charge in [0, 0.05) is 92.3 Å². The molecular formula is C66H80N7O5+. The second kappa shape index (κ2) is 26.8. The number of rotatable bonds is 25. The van der Waals surface area contributed by atoms with Crippen molar-refractivity contribution >= 4 is 46.0 Å². The van der Waals surface area contributed by atoms with E-state index in [2.05, 4.69) is 157 Å². The van der Waals surface area contributed by atoms with Crippen molar-refractivity contribution in [3.8, 4) is 5.75 Å². The average molecular weight is 1050 g/mol. The summed E-state index contributed by atoms with van der Waals surface area (Å²) in [7, 11) is 3.98. The number of aryl methyl sites for hydroxylation is 1. The summed E-state index contributed by atoms with van der Waals surface area (Å²) in [6, 6.07) is 40.6. The molecule has 12 heteroatoms. The Hall–Kier alpha value is -7.41. The number of carbonyl (C=O) groups is 2. The summed E-state index contributed by atoms with van der Waals surface area (Å²) >= 11 is 0. The molecule has 78 heavy (non-hydrogen) atoms. The average Bonchev–Trinajstić information content (AvgIpc) is 3.80. The van der Waals surface area contributed by atoms with Crippen LogP contribution in [-0.4, -0.2) is 88.8 Å². The normalized spacial score (nSPS) is 16.6. The first-order valence-corrected chi connectivity index (χ1v) is 28.0. The van der Waals surface area contributed by atoms with Gasteiger partial charge in [-0.25, -0.2) is 0 Å². The highest BCUT2D eigenvalue weighted by molar-refractivity contribution is 6.03. The van der Waals surface area contributed by atoms with Crippen molar-refractivity contribution in [3.05, 3.63) is 190 Å². The number of ether oxygens (including phenoxy) is 3. The lowest BCUT2D eigenvalue weighted by atomic mass is 9.81. The summed E-state index contributed by atoms with van der Waals surface area (Å²) in [5.74, 6) is 1.48. The molecule has 8 rings (SSSR count). The molecule has 3 aliphatic rings. The highest BCUT2D eigenvalue weighted by Gasteiger charge is 2.44. The van der Waals surface area contributed by atoms with Gasteiger partial charge in [-0.05, 0) is 147 Å². The standard InChI is InChI=1S/C66H79N7O5/c1-9-42-72-58-20-13-11-18-56(58)65(3,4)60(72)37-27-49-16-15-17-50(28-38-61-66(5,6)57-19-12-14-21-59(57)73(61)43-10-2)63(49)78-55-35-22-48(23-36-55)24-39-62(74)67-40-44-76-46-47-77-45-41-68-64(75)51-25-29-52(30-26-51)69-70-53-31-33-54(34-32-53)71(7)8/h11-14,18-23,25-38H,9-10,15-17,24,39-47H2,1-8H3,(H-,67,68,74,75)/p+1. The molecule has 0 fully saturated rings. The Morgan fingerprint density at radius 3 is 2.04 bits per heavy atom. The lowest BCUT2D eigenvalue weighted by molar-refractivity contribution is -0.437. The van der Waals surface area contributed by atoms with Crippen molar-refractivity contribution in [2.45, 2.75) is 97.3 Å². The fourth-order valence-corrected chi connectivity index (χ4v) is 10.6. The van der Waals surface area contributed by atoms with E-state index >= 15 is 0 Å². The Morgan fingerprint density at radius 2 is 1.36 bits per heavy atom. The summed E-state index contributed by atoms with van der Waals surface area (Å²) in [4.78, 5) is 30.0. The first-order valence-electron chi connectivity index (χ1n) is 28.0. The van der Waals surface area contributed by atoms with Crippen molar-refractivity contribution in [2.75, 3.05) is 76.5 Å². The fraction of sp³-hybridized carbons (Fsp3) is 0.379. The van der Waals surface area contributed by atoms with Crippen LogP contribution < -0.4 is 25.2 Å². The molecule has 12 nitrogen and oxygen atoms in total. The smallest absolute Gasteiger partial charge is 0.251 e. The monoisotopic (exact) mass is 1050 g/mol. The number of hydrogen-bond donors (Lipinski definition) is 2. The SMILES string of the molecule is CCCN1C(=CC=C2CCCC(C=CC3=[N+](CCC)c4ccccc4C3(C)C)=C2Oc2ccc(CCC(=O)NCCOCCOCCNC(=O)c3ccc(N=Nc4ccc(N(C)C)cc4)cc3)cc2)C(C)(C)c2ccccc21. The molecule has 0 saturated carbocycles. The molecule has 0 bridgehead atoms. The highest BCUT2D eigenvalue weighted by Crippen LogP contribution is 2.48. The second-order valence-electron chi connectivity index (χ2n) is 21.5. The number of hydrogen-bond acceptors (Lipinski definition) is 9. The van der Waals surface area contributed by atoms with Crippen LogP contribution in [0.4, 0.5) is 28.4 Å². The zero-order valence-corrected chi connectivity index (χ0v) is 47.2. The van der Waals surface area contributed by atoms with Crippen LogP contribution in [0.25, 0.3) is 0 Å². The summed E-state index contributed by atoms with van der Waals surface area (Å²) in [5.41, 5.74) is 14.1. The van der Waals surface area contributed by atoms with E-state index in [-0.39, 0.29) is 22.6 Å². The molecule has 2 aliphatic heterocycles. The van der Waals surface area contributed by atoms with Gasteiger partial charge in [-0.2, -0.15) is 14.8 Å². The summed E-state index contributed by atoms with van der Waals surface area (Å²) in [6.45, 7) is 18.0. The van der Waals surface area contributed by atoms with E-state index in [9.17, 15) is 9.59 Å². The third-order valence-corrected chi connectivity index (χ3v) is 14.9. The number of nitrogens with one attached hydrogen (secondary N) is 2. The molecule has 1 aliphatic carbocycles. The molecule has 0 unspecified atom stereocenters. The quantitative estimate of drug-likeness (QED) is 0.0339. The first-order chi connectivity index (χ1) is 37.8. The molecule has 0 atom stereocenters. The van der Waals surface area contributed by atoms with Gasteiger partial charge in [-0.15, -0.1) is 0 Å². The Balaban J connectivity index is 0.811. The van der Waals surface area contributed by atoms with E-state index < -0.39 is 0 Å². The molecule has 0 saturated heterocycles. The molecule has 408 valence electrons. The van der Waals surface area contributed by atoms with Crippen LogP contribution in [-0.2, 0) is 31.5 Å². The van der Waals surface area contributed by atoms with Gasteiger partial charge in [0.05, 0.1) is 43.2 Å². The van der Waals surface area contributed by atoms with Crippen LogP contribution in [0.1, 0.15) is 107 Å². The van der Waals surface area contributed by atoms with E-state index in [1.54, 1.807) is 24.3 Å². The zero-order chi connectivity index (χ0) is 55.1. The molecule has 0 aromatic heterocycles. The van der Waals surface area contributed by atoms with Crippen LogP contribution >= 0.6 is 0 Å². The topological polar surface area (TPSA) is 120 Å². The Morgan fingerprint density at radius 1 is 0.705 bits per heavy atom. The molecule has 5 aromatic carbocycles. The van der Waals surface area contributed by atoms with Gasteiger partial charge in [0.15, 0.2) is 5.71 Å². The van der Waals surface area contributed by atoms with Gasteiger partial charge in [0.1, 0.15) is 18.1 Å². The summed E-state index contributed by atoms with van der Waals surface area (Å²) in [6.07, 6.45) is 15.3. The molecule has 2 amide bonds. The number of anilines is 2. The van der Waals surface area contributed by atoms with Crippen molar-refractivity contribution < 1.29 is 28.4 Å². The minimum absolute atomic E-state index is 0.0291. The van der Waals surface area contributed by atoms with Crippen molar-refractivity contribution in [3.63, 3.8) is 0 Å². The minimum atomic E-state index is -0.191. The first kappa shape index (κ1) is 56.8. The van der Waals surface area contributed by atoms with E-state index in [1.807, 2.05) is 55.4 Å². The van der Waals surface area contributed by atoms with E-state index in [0.29, 0.717) is 63.6 Å². The Labute approximate surface area is 463 Å². The van der Waals surface area contributed by atoms with Gasteiger partial charge in [0.25, 0.3) is 5.91 Å². The zero-order valence-electron chi connectivity index (χ0n) is 47.2. The Kier molecular flexibility index (Phi) is 19.5. The lowest BCUT2D eigenvalue weighted by Crippen LogP contribution is -2.28. The van der Waals surface area contributed by atoms with Crippen LogP contribution in [0.2, 0.25) is 0 Å². The molecule has 2 N–H and O–H groups in total. The Bertz CT molecular complexity index is 3050. The number of allylic oxidation sites excluding steroid dienone is 7.